The molecule has 1 aliphatic carbocycles. The van der Waals surface area contributed by atoms with Crippen molar-refractivity contribution >= 4 is 38.8 Å². The summed E-state index contributed by atoms with van der Waals surface area (Å²) in [6, 6.07) is 13.8. The fourth-order valence-corrected chi connectivity index (χ4v) is 5.79. The molecule has 0 bridgehead atoms. The van der Waals surface area contributed by atoms with Gasteiger partial charge in [-0.2, -0.15) is 0 Å². The molecular formula is C23H21N3O3S2. The molecular weight excluding hydrogens is 430 g/mol. The quantitative estimate of drug-likeness (QED) is 0.489. The SMILES string of the molecule is O=C(Cn1c(=O)n(CCc2cccs2)c(=O)c2sccc21)NC1CCc2ccccc21. The molecule has 1 unspecified atom stereocenters. The fraction of sp³-hybridized carbons (Fsp3) is 0.261. The molecule has 6 nitrogen and oxygen atoms in total. The van der Waals surface area contributed by atoms with Crippen molar-refractivity contribution in [3.63, 3.8) is 0 Å². The lowest BCUT2D eigenvalue weighted by atomic mass is 10.1. The van der Waals surface area contributed by atoms with Crippen LogP contribution in [0.25, 0.3) is 10.2 Å². The van der Waals surface area contributed by atoms with Gasteiger partial charge in [0.2, 0.25) is 5.91 Å². The third-order valence-electron chi connectivity index (χ3n) is 5.77. The van der Waals surface area contributed by atoms with Crippen LogP contribution in [0.5, 0.6) is 0 Å². The Balaban J connectivity index is 1.42. The monoisotopic (exact) mass is 451 g/mol. The van der Waals surface area contributed by atoms with Crippen LogP contribution in [-0.2, 0) is 30.7 Å². The van der Waals surface area contributed by atoms with Crippen LogP contribution >= 0.6 is 22.7 Å². The van der Waals surface area contributed by atoms with Gasteiger partial charge in [-0.25, -0.2) is 4.79 Å². The molecule has 5 rings (SSSR count). The van der Waals surface area contributed by atoms with E-state index < -0.39 is 5.69 Å². The van der Waals surface area contributed by atoms with Crippen LogP contribution in [0.15, 0.2) is 62.8 Å². The number of nitrogens with zero attached hydrogens (tertiary/aromatic N) is 2. The zero-order chi connectivity index (χ0) is 21.4. The molecule has 0 radical (unpaired) electrons. The molecule has 31 heavy (non-hydrogen) atoms. The molecule has 1 atom stereocenters. The highest BCUT2D eigenvalue weighted by molar-refractivity contribution is 7.17. The summed E-state index contributed by atoms with van der Waals surface area (Å²) in [6.07, 6.45) is 2.40. The Morgan fingerprint density at radius 3 is 2.74 bits per heavy atom. The zero-order valence-electron chi connectivity index (χ0n) is 16.7. The largest absolute Gasteiger partial charge is 0.348 e. The Hall–Kier alpha value is -2.97. The van der Waals surface area contributed by atoms with Gasteiger partial charge >= 0.3 is 5.69 Å². The van der Waals surface area contributed by atoms with Crippen molar-refractivity contribution in [2.24, 2.45) is 0 Å². The average molecular weight is 452 g/mol. The molecule has 0 spiro atoms. The number of carbonyl (C=O) groups excluding carboxylic acids is 1. The van der Waals surface area contributed by atoms with Crippen molar-refractivity contribution in [3.05, 3.63) is 90.1 Å². The van der Waals surface area contributed by atoms with Crippen LogP contribution in [0.4, 0.5) is 0 Å². The van der Waals surface area contributed by atoms with Crippen molar-refractivity contribution in [2.45, 2.75) is 38.4 Å². The number of benzene rings is 1. The van der Waals surface area contributed by atoms with Gasteiger partial charge in [0.05, 0.1) is 11.6 Å². The van der Waals surface area contributed by atoms with Crippen molar-refractivity contribution < 1.29 is 4.79 Å². The summed E-state index contributed by atoms with van der Waals surface area (Å²) in [7, 11) is 0. The maximum absolute atomic E-state index is 13.2. The topological polar surface area (TPSA) is 73.1 Å². The third kappa shape index (κ3) is 3.77. The van der Waals surface area contributed by atoms with Crippen molar-refractivity contribution in [3.8, 4) is 0 Å². The van der Waals surface area contributed by atoms with Crippen molar-refractivity contribution in [1.82, 2.24) is 14.5 Å². The lowest BCUT2D eigenvalue weighted by Crippen LogP contribution is -2.42. The van der Waals surface area contributed by atoms with Crippen molar-refractivity contribution in [2.75, 3.05) is 0 Å². The first kappa shape index (κ1) is 20.0. The average Bonchev–Trinajstić information content (AvgIpc) is 3.52. The Morgan fingerprint density at radius 2 is 1.90 bits per heavy atom. The summed E-state index contributed by atoms with van der Waals surface area (Å²) in [6.45, 7) is 0.188. The number of amides is 1. The van der Waals surface area contributed by atoms with Gasteiger partial charge in [0, 0.05) is 11.4 Å². The number of carbonyl (C=O) groups is 1. The van der Waals surface area contributed by atoms with Crippen LogP contribution in [0.2, 0.25) is 0 Å². The minimum absolute atomic E-state index is 0.0397. The number of fused-ring (bicyclic) bond motifs is 2. The smallest absolute Gasteiger partial charge is 0.332 e. The van der Waals surface area contributed by atoms with Gasteiger partial charge in [0.1, 0.15) is 11.2 Å². The van der Waals surface area contributed by atoms with E-state index >= 15 is 0 Å². The molecule has 1 aromatic carbocycles. The Bertz CT molecular complexity index is 1360. The van der Waals surface area contributed by atoms with E-state index in [-0.39, 0.29) is 24.1 Å². The van der Waals surface area contributed by atoms with Crippen LogP contribution in [0.1, 0.15) is 28.5 Å². The summed E-state index contributed by atoms with van der Waals surface area (Å²) in [5, 5.41) is 6.84. The molecule has 158 valence electrons. The highest BCUT2D eigenvalue weighted by atomic mass is 32.1. The highest BCUT2D eigenvalue weighted by Crippen LogP contribution is 2.30. The lowest BCUT2D eigenvalue weighted by molar-refractivity contribution is -0.122. The second-order valence-electron chi connectivity index (χ2n) is 7.65. The van der Waals surface area contributed by atoms with Gasteiger partial charge in [0.15, 0.2) is 0 Å². The first-order valence-corrected chi connectivity index (χ1v) is 12.0. The Kier molecular flexibility index (Phi) is 5.33. The number of hydrogen-bond acceptors (Lipinski definition) is 5. The number of aryl methyl sites for hydroxylation is 2. The van der Waals surface area contributed by atoms with Gasteiger partial charge < -0.3 is 5.32 Å². The molecule has 0 saturated heterocycles. The van der Waals surface area contributed by atoms with E-state index in [0.29, 0.717) is 23.2 Å². The minimum atomic E-state index is -0.436. The summed E-state index contributed by atoms with van der Waals surface area (Å²) >= 11 is 2.90. The molecule has 0 aliphatic heterocycles. The molecule has 8 heteroatoms. The minimum Gasteiger partial charge on any atom is -0.348 e. The van der Waals surface area contributed by atoms with E-state index in [1.54, 1.807) is 22.8 Å². The van der Waals surface area contributed by atoms with Gasteiger partial charge in [0.25, 0.3) is 5.56 Å². The lowest BCUT2D eigenvalue weighted by Gasteiger charge is -2.16. The number of hydrogen-bond donors (Lipinski definition) is 1. The first-order valence-electron chi connectivity index (χ1n) is 10.2. The number of nitrogens with one attached hydrogen (secondary N) is 1. The zero-order valence-corrected chi connectivity index (χ0v) is 18.4. The summed E-state index contributed by atoms with van der Waals surface area (Å²) < 4.78 is 3.19. The molecule has 3 aromatic heterocycles. The fourth-order valence-electron chi connectivity index (χ4n) is 4.25. The number of rotatable bonds is 6. The maximum atomic E-state index is 13.2. The second kappa shape index (κ2) is 8.28. The van der Waals surface area contributed by atoms with E-state index in [4.69, 9.17) is 0 Å². The van der Waals surface area contributed by atoms with Gasteiger partial charge in [-0.15, -0.1) is 22.7 Å². The summed E-state index contributed by atoms with van der Waals surface area (Å²) in [4.78, 5) is 40.1. The molecule has 0 saturated carbocycles. The summed E-state index contributed by atoms with van der Waals surface area (Å²) in [5.74, 6) is -0.222. The highest BCUT2D eigenvalue weighted by Gasteiger charge is 2.24. The molecule has 4 aromatic rings. The van der Waals surface area contributed by atoms with Gasteiger partial charge in [-0.1, -0.05) is 30.3 Å². The maximum Gasteiger partial charge on any atom is 0.332 e. The standard InChI is InChI=1S/C23H21N3O3S2/c27-20(24-18-8-7-15-4-1-2-6-17(15)18)14-26-19-10-13-31-21(19)22(28)25(23(26)29)11-9-16-5-3-12-30-16/h1-6,10,12-13,18H,7-9,11,14H2,(H,24,27). The normalized spacial score (nSPS) is 15.3. The molecule has 1 aliphatic rings. The van der Waals surface area contributed by atoms with Crippen LogP contribution in [-0.4, -0.2) is 15.0 Å². The third-order valence-corrected chi connectivity index (χ3v) is 7.60. The predicted octanol–water partition coefficient (Wildman–Crippen LogP) is 3.33. The van der Waals surface area contributed by atoms with Gasteiger partial charge in [-0.3, -0.25) is 18.7 Å². The Labute approximate surface area is 186 Å². The van der Waals surface area contributed by atoms with E-state index in [2.05, 4.69) is 11.4 Å². The molecule has 1 N–H and O–H groups in total. The summed E-state index contributed by atoms with van der Waals surface area (Å²) in [5.41, 5.74) is 2.20. The van der Waals surface area contributed by atoms with E-state index in [9.17, 15) is 14.4 Å². The predicted molar refractivity (Wildman–Crippen MR) is 124 cm³/mol. The van der Waals surface area contributed by atoms with Crippen LogP contribution < -0.4 is 16.6 Å². The van der Waals surface area contributed by atoms with Crippen LogP contribution in [0.3, 0.4) is 0 Å². The number of thiophene rings is 2. The second-order valence-corrected chi connectivity index (χ2v) is 9.60. The van der Waals surface area contributed by atoms with Gasteiger partial charge in [-0.05, 0) is 53.3 Å². The molecule has 0 fully saturated rings. The van der Waals surface area contributed by atoms with E-state index in [1.807, 2.05) is 35.7 Å². The Morgan fingerprint density at radius 1 is 1.03 bits per heavy atom. The molecule has 3 heterocycles. The van der Waals surface area contributed by atoms with E-state index in [0.717, 1.165) is 23.3 Å². The van der Waals surface area contributed by atoms with E-state index in [1.165, 1.54) is 26.0 Å². The van der Waals surface area contributed by atoms with Crippen LogP contribution in [0, 0.1) is 0 Å². The molecule has 1 amide bonds. The van der Waals surface area contributed by atoms with Crippen molar-refractivity contribution in [1.29, 1.82) is 0 Å². The first-order chi connectivity index (χ1) is 15.1. The number of aromatic nitrogens is 2.